The molecule has 3 heteroatoms. The molecule has 0 spiro atoms. The average molecular weight is 312 g/mol. The van der Waals surface area contributed by atoms with Crippen molar-refractivity contribution in [3.63, 3.8) is 0 Å². The lowest BCUT2D eigenvalue weighted by atomic mass is 10.1. The van der Waals surface area contributed by atoms with Crippen molar-refractivity contribution < 1.29 is 14.6 Å². The molecular weight excluding hydrogens is 288 g/mol. The van der Waals surface area contributed by atoms with E-state index in [1.54, 1.807) is 12.1 Å². The van der Waals surface area contributed by atoms with Gasteiger partial charge in [-0.15, -0.1) is 0 Å². The fourth-order valence-electron chi connectivity index (χ4n) is 2.16. The lowest BCUT2D eigenvalue weighted by Gasteiger charge is -2.15. The highest BCUT2D eigenvalue weighted by Gasteiger charge is 2.12. The molecule has 0 fully saturated rings. The molecule has 2 aromatic carbocycles. The van der Waals surface area contributed by atoms with Gasteiger partial charge in [-0.25, -0.2) is 0 Å². The Morgan fingerprint density at radius 3 is 2.30 bits per heavy atom. The number of phenolic OH excluding ortho intramolecular Hbond substituents is 1. The minimum absolute atomic E-state index is 0.174. The summed E-state index contributed by atoms with van der Waals surface area (Å²) in [5, 5.41) is 9.97. The minimum Gasteiger partial charge on any atom is -0.508 e. The maximum Gasteiger partial charge on any atom is 0.168 e. The second-order valence-electron chi connectivity index (χ2n) is 5.30. The van der Waals surface area contributed by atoms with Crippen LogP contribution in [0.2, 0.25) is 0 Å². The van der Waals surface area contributed by atoms with E-state index >= 15 is 0 Å². The van der Waals surface area contributed by atoms with Crippen molar-refractivity contribution >= 4 is 12.2 Å². The number of aromatic hydroxyl groups is 1. The fraction of sp³-hybridized carbons (Fsp3) is 0.300. The molecule has 122 valence electrons. The molecule has 2 aromatic rings. The lowest BCUT2D eigenvalue weighted by Crippen LogP contribution is -2.02. The van der Waals surface area contributed by atoms with Crippen molar-refractivity contribution in [1.29, 1.82) is 0 Å². The van der Waals surface area contributed by atoms with E-state index in [1.807, 2.05) is 49.4 Å². The molecule has 3 nitrogen and oxygen atoms in total. The zero-order chi connectivity index (χ0) is 16.5. The molecule has 0 aliphatic heterocycles. The largest absolute Gasteiger partial charge is 0.508 e. The Kier molecular flexibility index (Phi) is 6.55. The smallest absolute Gasteiger partial charge is 0.168 e. The normalized spacial score (nSPS) is 10.9. The van der Waals surface area contributed by atoms with Gasteiger partial charge in [0, 0.05) is 11.6 Å². The summed E-state index contributed by atoms with van der Waals surface area (Å²) in [5.74, 6) is 1.45. The van der Waals surface area contributed by atoms with Crippen LogP contribution in [0, 0.1) is 0 Å². The van der Waals surface area contributed by atoms with E-state index in [1.165, 1.54) is 0 Å². The van der Waals surface area contributed by atoms with Gasteiger partial charge in [0.2, 0.25) is 0 Å². The van der Waals surface area contributed by atoms with Gasteiger partial charge in [0.05, 0.1) is 13.2 Å². The third-order valence-corrected chi connectivity index (χ3v) is 3.24. The Balaban J connectivity index is 2.34. The van der Waals surface area contributed by atoms with Crippen LogP contribution in [0.3, 0.4) is 0 Å². The van der Waals surface area contributed by atoms with Crippen LogP contribution < -0.4 is 9.47 Å². The van der Waals surface area contributed by atoms with Crippen LogP contribution in [0.5, 0.6) is 17.2 Å². The number of rotatable bonds is 8. The summed E-state index contributed by atoms with van der Waals surface area (Å²) >= 11 is 0. The van der Waals surface area contributed by atoms with E-state index < -0.39 is 0 Å². The molecule has 0 aliphatic carbocycles. The molecular formula is C20H24O3. The van der Waals surface area contributed by atoms with Crippen LogP contribution in [-0.2, 0) is 0 Å². The monoisotopic (exact) mass is 312 g/mol. The molecule has 0 saturated heterocycles. The predicted molar refractivity (Wildman–Crippen MR) is 95.0 cm³/mol. The van der Waals surface area contributed by atoms with Crippen molar-refractivity contribution in [2.45, 2.75) is 26.7 Å². The van der Waals surface area contributed by atoms with Gasteiger partial charge >= 0.3 is 0 Å². The van der Waals surface area contributed by atoms with E-state index in [0.29, 0.717) is 24.7 Å². The van der Waals surface area contributed by atoms with Gasteiger partial charge in [-0.3, -0.25) is 0 Å². The Morgan fingerprint density at radius 2 is 1.61 bits per heavy atom. The van der Waals surface area contributed by atoms with Gasteiger partial charge in [0.25, 0.3) is 0 Å². The van der Waals surface area contributed by atoms with Crippen molar-refractivity contribution in [2.75, 3.05) is 13.2 Å². The summed E-state index contributed by atoms with van der Waals surface area (Å²) in [5.41, 5.74) is 1.90. The van der Waals surface area contributed by atoms with E-state index in [2.05, 4.69) is 6.92 Å². The number of benzene rings is 2. The quantitative estimate of drug-likeness (QED) is 0.686. The average Bonchev–Trinajstić information content (AvgIpc) is 2.58. The van der Waals surface area contributed by atoms with Crippen LogP contribution in [0.15, 0.2) is 42.5 Å². The van der Waals surface area contributed by atoms with Gasteiger partial charge < -0.3 is 14.6 Å². The molecule has 2 rings (SSSR count). The molecule has 0 unspecified atom stereocenters. The Labute approximate surface area is 138 Å². The first kappa shape index (κ1) is 16.9. The number of ether oxygens (including phenoxy) is 2. The number of hydrogen-bond donors (Lipinski definition) is 1. The standard InChI is InChI=1S/C20H24O3/c1-3-12-22-19-15-18(21)14-17(20(19)23-13-4-2)11-10-16-8-6-5-7-9-16/h5-11,14-15,21H,3-4,12-13H2,1-2H3. The molecule has 0 aliphatic rings. The third-order valence-electron chi connectivity index (χ3n) is 3.24. The topological polar surface area (TPSA) is 38.7 Å². The summed E-state index contributed by atoms with van der Waals surface area (Å²) in [6.07, 6.45) is 5.75. The highest BCUT2D eigenvalue weighted by molar-refractivity contribution is 5.75. The van der Waals surface area contributed by atoms with Crippen LogP contribution >= 0.6 is 0 Å². The van der Waals surface area contributed by atoms with Crippen molar-refractivity contribution in [3.8, 4) is 17.2 Å². The van der Waals surface area contributed by atoms with E-state index in [9.17, 15) is 5.11 Å². The highest BCUT2D eigenvalue weighted by atomic mass is 16.5. The summed E-state index contributed by atoms with van der Waals surface area (Å²) in [7, 11) is 0. The first-order chi connectivity index (χ1) is 11.2. The van der Waals surface area contributed by atoms with Crippen LogP contribution in [0.25, 0.3) is 12.2 Å². The summed E-state index contributed by atoms with van der Waals surface area (Å²) < 4.78 is 11.6. The van der Waals surface area contributed by atoms with Crippen LogP contribution in [0.4, 0.5) is 0 Å². The first-order valence-corrected chi connectivity index (χ1v) is 8.10. The molecule has 0 saturated carbocycles. The minimum atomic E-state index is 0.174. The van der Waals surface area contributed by atoms with Crippen molar-refractivity contribution in [1.82, 2.24) is 0 Å². The zero-order valence-corrected chi connectivity index (χ0v) is 13.8. The predicted octanol–water partition coefficient (Wildman–Crippen LogP) is 5.14. The van der Waals surface area contributed by atoms with E-state index in [4.69, 9.17) is 9.47 Å². The van der Waals surface area contributed by atoms with Crippen molar-refractivity contribution in [2.24, 2.45) is 0 Å². The highest BCUT2D eigenvalue weighted by Crippen LogP contribution is 2.37. The second kappa shape index (κ2) is 8.89. The van der Waals surface area contributed by atoms with E-state index in [-0.39, 0.29) is 5.75 Å². The van der Waals surface area contributed by atoms with Gasteiger partial charge in [0.15, 0.2) is 11.5 Å². The zero-order valence-electron chi connectivity index (χ0n) is 13.8. The van der Waals surface area contributed by atoms with Gasteiger partial charge in [0.1, 0.15) is 5.75 Å². The SMILES string of the molecule is CCCOc1cc(O)cc(C=Cc2ccccc2)c1OCCC. The van der Waals surface area contributed by atoms with Crippen molar-refractivity contribution in [3.05, 3.63) is 53.6 Å². The number of phenols is 1. The molecule has 23 heavy (non-hydrogen) atoms. The Hall–Kier alpha value is -2.42. The molecule has 0 amide bonds. The molecule has 0 aromatic heterocycles. The van der Waals surface area contributed by atoms with Crippen LogP contribution in [0.1, 0.15) is 37.8 Å². The second-order valence-corrected chi connectivity index (χ2v) is 5.30. The fourth-order valence-corrected chi connectivity index (χ4v) is 2.16. The third kappa shape index (κ3) is 5.06. The first-order valence-electron chi connectivity index (χ1n) is 8.10. The molecule has 0 atom stereocenters. The number of hydrogen-bond acceptors (Lipinski definition) is 3. The summed E-state index contributed by atoms with van der Waals surface area (Å²) in [6.45, 7) is 5.31. The van der Waals surface area contributed by atoms with Gasteiger partial charge in [-0.2, -0.15) is 0 Å². The molecule has 0 bridgehead atoms. The molecule has 0 radical (unpaired) electrons. The van der Waals surface area contributed by atoms with Crippen LogP contribution in [-0.4, -0.2) is 18.3 Å². The molecule has 0 heterocycles. The Bertz CT molecular complexity index is 633. The lowest BCUT2D eigenvalue weighted by molar-refractivity contribution is 0.266. The maximum absolute atomic E-state index is 9.97. The van der Waals surface area contributed by atoms with Gasteiger partial charge in [-0.1, -0.05) is 56.3 Å². The maximum atomic E-state index is 9.97. The van der Waals surface area contributed by atoms with E-state index in [0.717, 1.165) is 24.0 Å². The summed E-state index contributed by atoms with van der Waals surface area (Å²) in [4.78, 5) is 0. The van der Waals surface area contributed by atoms with Gasteiger partial charge in [-0.05, 0) is 24.5 Å². The summed E-state index contributed by atoms with van der Waals surface area (Å²) in [6, 6.07) is 13.3. The molecule has 1 N–H and O–H groups in total. The Morgan fingerprint density at radius 1 is 0.913 bits per heavy atom.